The predicted octanol–water partition coefficient (Wildman–Crippen LogP) is 5.26. The van der Waals surface area contributed by atoms with Gasteiger partial charge in [-0.05, 0) is 45.4 Å². The van der Waals surface area contributed by atoms with Crippen LogP contribution in [-0.4, -0.2) is 39.0 Å². The molecule has 0 fully saturated rings. The van der Waals surface area contributed by atoms with Crippen molar-refractivity contribution in [3.05, 3.63) is 50.9 Å². The molecule has 0 aliphatic rings. The van der Waals surface area contributed by atoms with Crippen LogP contribution in [0, 0.1) is 19.7 Å². The number of thiophene rings is 1. The molecule has 0 radical (unpaired) electrons. The lowest BCUT2D eigenvalue weighted by Crippen LogP contribution is -2.17. The SMILES string of the molecule is CCOC(=O)c1c(NC(=O)CSc2nnc(COc3ccc(F)c(Cl)c3)n2CC)sc(C)c1C. The number of amides is 1. The molecule has 0 bridgehead atoms. The van der Waals surface area contributed by atoms with Crippen molar-refractivity contribution in [1.82, 2.24) is 14.8 Å². The largest absolute Gasteiger partial charge is 0.486 e. The van der Waals surface area contributed by atoms with E-state index in [4.69, 9.17) is 21.1 Å². The topological polar surface area (TPSA) is 95.3 Å². The summed E-state index contributed by atoms with van der Waals surface area (Å²) in [5, 5.41) is 12.1. The normalized spacial score (nSPS) is 10.9. The number of nitrogens with zero attached hydrogens (tertiary/aromatic N) is 3. The molecule has 0 saturated heterocycles. The third-order valence-electron chi connectivity index (χ3n) is 4.82. The Bertz CT molecular complexity index is 1200. The van der Waals surface area contributed by atoms with Crippen LogP contribution in [0.25, 0.3) is 0 Å². The number of anilines is 1. The average molecular weight is 527 g/mol. The number of carbonyl (C=O) groups excluding carboxylic acids is 2. The van der Waals surface area contributed by atoms with Crippen LogP contribution in [0.1, 0.15) is 40.5 Å². The summed E-state index contributed by atoms with van der Waals surface area (Å²) in [4.78, 5) is 25.9. The van der Waals surface area contributed by atoms with Gasteiger partial charge in [0.2, 0.25) is 5.91 Å². The molecule has 1 amide bonds. The van der Waals surface area contributed by atoms with Gasteiger partial charge in [-0.15, -0.1) is 21.5 Å². The Morgan fingerprint density at radius 3 is 2.71 bits per heavy atom. The molecular formula is C22H24ClFN4O4S2. The van der Waals surface area contributed by atoms with Crippen molar-refractivity contribution >= 4 is 51.6 Å². The minimum atomic E-state index is -0.523. The summed E-state index contributed by atoms with van der Waals surface area (Å²) in [7, 11) is 0. The highest BCUT2D eigenvalue weighted by Crippen LogP contribution is 2.33. The van der Waals surface area contributed by atoms with Crippen LogP contribution in [0.5, 0.6) is 5.75 Å². The van der Waals surface area contributed by atoms with Gasteiger partial charge in [0.05, 0.1) is 22.9 Å². The van der Waals surface area contributed by atoms with E-state index in [0.717, 1.165) is 10.4 Å². The summed E-state index contributed by atoms with van der Waals surface area (Å²) in [6.45, 7) is 8.30. The van der Waals surface area contributed by atoms with Crippen LogP contribution in [0.4, 0.5) is 9.39 Å². The van der Waals surface area contributed by atoms with Crippen molar-refractivity contribution in [2.24, 2.45) is 0 Å². The van der Waals surface area contributed by atoms with E-state index in [1.54, 1.807) is 6.92 Å². The fourth-order valence-corrected chi connectivity index (χ4v) is 5.08. The molecule has 0 atom stereocenters. The molecule has 34 heavy (non-hydrogen) atoms. The lowest BCUT2D eigenvalue weighted by molar-refractivity contribution is -0.113. The Morgan fingerprint density at radius 2 is 2.03 bits per heavy atom. The van der Waals surface area contributed by atoms with Crippen molar-refractivity contribution in [3.8, 4) is 5.75 Å². The molecule has 0 spiro atoms. The maximum atomic E-state index is 13.3. The summed E-state index contributed by atoms with van der Waals surface area (Å²) >= 11 is 8.35. The number of halogens is 2. The van der Waals surface area contributed by atoms with Crippen LogP contribution in [-0.2, 0) is 22.7 Å². The second kappa shape index (κ2) is 11.7. The molecule has 12 heteroatoms. The molecule has 1 aromatic carbocycles. The molecule has 3 rings (SSSR count). The molecule has 0 unspecified atom stereocenters. The fourth-order valence-electron chi connectivity index (χ4n) is 3.02. The summed E-state index contributed by atoms with van der Waals surface area (Å²) in [6, 6.07) is 4.10. The lowest BCUT2D eigenvalue weighted by Gasteiger charge is -2.09. The van der Waals surface area contributed by atoms with Crippen LogP contribution >= 0.6 is 34.7 Å². The third-order valence-corrected chi connectivity index (χ3v) is 7.20. The summed E-state index contributed by atoms with van der Waals surface area (Å²) in [6.07, 6.45) is 0. The summed E-state index contributed by atoms with van der Waals surface area (Å²) in [5.74, 6) is -0.217. The van der Waals surface area contributed by atoms with E-state index >= 15 is 0 Å². The van der Waals surface area contributed by atoms with E-state index in [1.165, 1.54) is 41.3 Å². The van der Waals surface area contributed by atoms with Crippen molar-refractivity contribution in [2.75, 3.05) is 17.7 Å². The lowest BCUT2D eigenvalue weighted by atomic mass is 10.1. The van der Waals surface area contributed by atoms with Gasteiger partial charge in [-0.1, -0.05) is 23.4 Å². The second-order valence-corrected chi connectivity index (χ2v) is 9.63. The quantitative estimate of drug-likeness (QED) is 0.284. The number of nitrogens with one attached hydrogen (secondary N) is 1. The third kappa shape index (κ3) is 6.08. The van der Waals surface area contributed by atoms with Gasteiger partial charge in [0.1, 0.15) is 23.2 Å². The molecule has 182 valence electrons. The van der Waals surface area contributed by atoms with Crippen LogP contribution in [0.2, 0.25) is 5.02 Å². The highest BCUT2D eigenvalue weighted by molar-refractivity contribution is 7.99. The molecule has 8 nitrogen and oxygen atoms in total. The van der Waals surface area contributed by atoms with E-state index in [-0.39, 0.29) is 29.9 Å². The Morgan fingerprint density at radius 1 is 1.26 bits per heavy atom. The van der Waals surface area contributed by atoms with E-state index in [9.17, 15) is 14.0 Å². The maximum Gasteiger partial charge on any atom is 0.341 e. The van der Waals surface area contributed by atoms with Crippen molar-refractivity contribution in [3.63, 3.8) is 0 Å². The molecule has 0 saturated carbocycles. The first-order valence-electron chi connectivity index (χ1n) is 10.4. The van der Waals surface area contributed by atoms with E-state index in [0.29, 0.717) is 33.8 Å². The first-order valence-corrected chi connectivity index (χ1v) is 12.6. The number of carbonyl (C=O) groups is 2. The number of rotatable bonds is 10. The van der Waals surface area contributed by atoms with Gasteiger partial charge in [-0.2, -0.15) is 0 Å². The zero-order valence-electron chi connectivity index (χ0n) is 19.1. The zero-order chi connectivity index (χ0) is 24.8. The Kier molecular flexibility index (Phi) is 8.92. The molecule has 0 aliphatic heterocycles. The fraction of sp³-hybridized carbons (Fsp3) is 0.364. The van der Waals surface area contributed by atoms with Crippen LogP contribution < -0.4 is 10.1 Å². The van der Waals surface area contributed by atoms with E-state index in [2.05, 4.69) is 15.5 Å². The minimum absolute atomic E-state index is 0.0287. The number of aryl methyl sites for hydroxylation is 1. The standard InChI is InChI=1S/C22H24ClFN4O4S2/c1-5-28-17(10-32-14-7-8-16(24)15(23)9-14)26-27-22(28)33-11-18(29)25-20-19(21(30)31-6-2)12(3)13(4)34-20/h7-9H,5-6,10-11H2,1-4H3,(H,25,29). The summed E-state index contributed by atoms with van der Waals surface area (Å²) in [5.41, 5.74) is 1.18. The summed E-state index contributed by atoms with van der Waals surface area (Å²) < 4.78 is 25.9. The van der Waals surface area contributed by atoms with Crippen LogP contribution in [0.3, 0.4) is 0 Å². The second-order valence-electron chi connectivity index (χ2n) is 7.05. The zero-order valence-corrected chi connectivity index (χ0v) is 21.5. The number of hydrogen-bond donors (Lipinski definition) is 1. The van der Waals surface area contributed by atoms with Crippen LogP contribution in [0.15, 0.2) is 23.4 Å². The molecule has 1 N–H and O–H groups in total. The van der Waals surface area contributed by atoms with Gasteiger partial charge in [0.15, 0.2) is 11.0 Å². The number of thioether (sulfide) groups is 1. The highest BCUT2D eigenvalue weighted by Gasteiger charge is 2.22. The molecule has 2 heterocycles. The predicted molar refractivity (Wildman–Crippen MR) is 131 cm³/mol. The van der Waals surface area contributed by atoms with Crippen molar-refractivity contribution in [1.29, 1.82) is 0 Å². The number of esters is 1. The number of benzene rings is 1. The van der Waals surface area contributed by atoms with E-state index < -0.39 is 11.8 Å². The Labute approximate surface area is 209 Å². The smallest absolute Gasteiger partial charge is 0.341 e. The molecule has 3 aromatic rings. The van der Waals surface area contributed by atoms with Crippen molar-refractivity contribution < 1.29 is 23.5 Å². The molecular weight excluding hydrogens is 503 g/mol. The van der Waals surface area contributed by atoms with Crippen molar-refractivity contribution in [2.45, 2.75) is 46.0 Å². The van der Waals surface area contributed by atoms with Gasteiger partial charge >= 0.3 is 5.97 Å². The van der Waals surface area contributed by atoms with Gasteiger partial charge in [0.25, 0.3) is 0 Å². The minimum Gasteiger partial charge on any atom is -0.486 e. The number of ether oxygens (including phenoxy) is 2. The Hall–Kier alpha value is -2.63. The Balaban J connectivity index is 1.63. The average Bonchev–Trinajstić information content (AvgIpc) is 3.32. The number of hydrogen-bond acceptors (Lipinski definition) is 8. The molecule has 0 aliphatic carbocycles. The first-order chi connectivity index (χ1) is 16.2. The van der Waals surface area contributed by atoms with Gasteiger partial charge in [-0.25, -0.2) is 9.18 Å². The first kappa shape index (κ1) is 26.0. The number of aromatic nitrogens is 3. The monoisotopic (exact) mass is 526 g/mol. The van der Waals surface area contributed by atoms with Gasteiger partial charge in [-0.3, -0.25) is 4.79 Å². The molecule has 2 aromatic heterocycles. The highest BCUT2D eigenvalue weighted by atomic mass is 35.5. The van der Waals surface area contributed by atoms with Gasteiger partial charge < -0.3 is 19.4 Å². The maximum absolute atomic E-state index is 13.3. The van der Waals surface area contributed by atoms with E-state index in [1.807, 2.05) is 25.3 Å². The van der Waals surface area contributed by atoms with Gasteiger partial charge in [0, 0.05) is 17.5 Å².